The molecule has 1 spiro atoms. The molecule has 5 rings (SSSR count). The predicted octanol–water partition coefficient (Wildman–Crippen LogP) is 2.26. The van der Waals surface area contributed by atoms with Crippen molar-refractivity contribution in [1.29, 1.82) is 0 Å². The van der Waals surface area contributed by atoms with E-state index in [2.05, 4.69) is 75.1 Å². The summed E-state index contributed by atoms with van der Waals surface area (Å²) in [5.74, 6) is 0.721. The Morgan fingerprint density at radius 3 is 2.56 bits per heavy atom. The number of anilines is 2. The van der Waals surface area contributed by atoms with Gasteiger partial charge in [0.1, 0.15) is 11.1 Å². The molecule has 0 saturated carbocycles. The number of aromatic nitrogens is 4. The van der Waals surface area contributed by atoms with Crippen LogP contribution in [0.25, 0.3) is 11.2 Å². The standard InChI is InChI=1S/C26H38N8O2/c1-4-5-10-28-24-30-22(27)21-23(31-24)34(25(35)29-21)14-20-8-6-19(7-9-20)13-32-15-26(16-32)17-33(18(2)3)11-12-36-26/h6-9,18H,4-5,10-17H2,1-3H3,(H,29,35)(H3,27,28,30,31). The molecule has 0 bridgehead atoms. The van der Waals surface area contributed by atoms with Crippen LogP contribution < -0.4 is 16.7 Å². The molecule has 4 N–H and O–H groups in total. The molecular formula is C26H38N8O2. The minimum atomic E-state index is -0.241. The largest absolute Gasteiger partial charge is 0.382 e. The number of nitrogens with zero attached hydrogens (tertiary/aromatic N) is 5. The summed E-state index contributed by atoms with van der Waals surface area (Å²) in [5, 5.41) is 3.20. The van der Waals surface area contributed by atoms with Gasteiger partial charge in [0.05, 0.1) is 13.2 Å². The zero-order valence-corrected chi connectivity index (χ0v) is 21.6. The Hall–Kier alpha value is -2.95. The number of likely N-dealkylation sites (tertiary alicyclic amines) is 1. The fourth-order valence-corrected chi connectivity index (χ4v) is 5.23. The number of unbranched alkanes of at least 4 members (excludes halogenated alkanes) is 1. The van der Waals surface area contributed by atoms with Crippen LogP contribution in [0.2, 0.25) is 0 Å². The van der Waals surface area contributed by atoms with Gasteiger partial charge in [-0.2, -0.15) is 9.97 Å². The number of rotatable bonds is 9. The Morgan fingerprint density at radius 1 is 1.14 bits per heavy atom. The van der Waals surface area contributed by atoms with Crippen LogP contribution >= 0.6 is 0 Å². The van der Waals surface area contributed by atoms with Crippen molar-refractivity contribution >= 4 is 22.9 Å². The summed E-state index contributed by atoms with van der Waals surface area (Å²) < 4.78 is 7.79. The molecule has 0 unspecified atom stereocenters. The minimum Gasteiger partial charge on any atom is -0.382 e. The number of imidazole rings is 1. The summed E-state index contributed by atoms with van der Waals surface area (Å²) >= 11 is 0. The van der Waals surface area contributed by atoms with Gasteiger partial charge in [0.25, 0.3) is 0 Å². The van der Waals surface area contributed by atoms with Crippen LogP contribution in [0.3, 0.4) is 0 Å². The first-order valence-electron chi connectivity index (χ1n) is 13.0. The van der Waals surface area contributed by atoms with Crippen LogP contribution in [0, 0.1) is 0 Å². The van der Waals surface area contributed by atoms with Crippen molar-refractivity contribution in [1.82, 2.24) is 29.3 Å². The Morgan fingerprint density at radius 2 is 1.86 bits per heavy atom. The maximum absolute atomic E-state index is 12.7. The highest BCUT2D eigenvalue weighted by atomic mass is 16.5. The number of nitrogens with one attached hydrogen (secondary N) is 2. The molecule has 10 nitrogen and oxygen atoms in total. The molecule has 0 radical (unpaired) electrons. The fraction of sp³-hybridized carbons (Fsp3) is 0.577. The average Bonchev–Trinajstić information content (AvgIpc) is 3.15. The van der Waals surface area contributed by atoms with E-state index < -0.39 is 0 Å². The average molecular weight is 495 g/mol. The molecule has 36 heavy (non-hydrogen) atoms. The number of H-pyrrole nitrogens is 1. The smallest absolute Gasteiger partial charge is 0.328 e. The molecule has 0 aliphatic carbocycles. The highest BCUT2D eigenvalue weighted by molar-refractivity contribution is 5.82. The monoisotopic (exact) mass is 494 g/mol. The predicted molar refractivity (Wildman–Crippen MR) is 142 cm³/mol. The molecule has 2 aliphatic rings. The third-order valence-corrected chi connectivity index (χ3v) is 7.27. The Balaban J connectivity index is 1.23. The number of fused-ring (bicyclic) bond motifs is 1. The quantitative estimate of drug-likeness (QED) is 0.388. The zero-order chi connectivity index (χ0) is 25.3. The third kappa shape index (κ3) is 5.11. The number of nitrogens with two attached hydrogens (primary N) is 1. The number of nitrogen functional groups attached to an aromatic ring is 1. The summed E-state index contributed by atoms with van der Waals surface area (Å²) in [6, 6.07) is 9.01. The zero-order valence-electron chi connectivity index (χ0n) is 21.6. The Labute approximate surface area is 211 Å². The van der Waals surface area contributed by atoms with Crippen molar-refractivity contribution in [2.75, 3.05) is 50.4 Å². The molecule has 2 aliphatic heterocycles. The number of morpholine rings is 1. The maximum Gasteiger partial charge on any atom is 0.328 e. The van der Waals surface area contributed by atoms with Crippen LogP contribution in [0.1, 0.15) is 44.7 Å². The summed E-state index contributed by atoms with van der Waals surface area (Å²) in [5.41, 5.74) is 9.14. The number of ether oxygens (including phenoxy) is 1. The summed E-state index contributed by atoms with van der Waals surface area (Å²) in [7, 11) is 0. The first-order valence-corrected chi connectivity index (χ1v) is 13.0. The van der Waals surface area contributed by atoms with Crippen LogP contribution in [0.5, 0.6) is 0 Å². The highest BCUT2D eigenvalue weighted by Gasteiger charge is 2.47. The van der Waals surface area contributed by atoms with Crippen LogP contribution in [0.4, 0.5) is 11.8 Å². The molecule has 2 aromatic heterocycles. The molecule has 3 aromatic rings. The van der Waals surface area contributed by atoms with Crippen molar-refractivity contribution in [2.45, 2.75) is 58.3 Å². The van der Waals surface area contributed by atoms with E-state index in [1.807, 2.05) is 0 Å². The molecule has 1 aromatic carbocycles. The lowest BCUT2D eigenvalue weighted by molar-refractivity contribution is -0.189. The minimum absolute atomic E-state index is 0.00702. The lowest BCUT2D eigenvalue weighted by atomic mass is 9.90. The number of hydrogen-bond donors (Lipinski definition) is 3. The summed E-state index contributed by atoms with van der Waals surface area (Å²) in [6.07, 6.45) is 2.08. The molecular weight excluding hydrogens is 456 g/mol. The third-order valence-electron chi connectivity index (χ3n) is 7.27. The van der Waals surface area contributed by atoms with Gasteiger partial charge in [-0.1, -0.05) is 37.6 Å². The van der Waals surface area contributed by atoms with E-state index in [4.69, 9.17) is 10.5 Å². The van der Waals surface area contributed by atoms with Gasteiger partial charge in [-0.05, 0) is 31.4 Å². The second-order valence-electron chi connectivity index (χ2n) is 10.5. The van der Waals surface area contributed by atoms with E-state index in [-0.39, 0.29) is 17.1 Å². The first-order chi connectivity index (χ1) is 17.4. The maximum atomic E-state index is 12.7. The first kappa shape index (κ1) is 24.7. The summed E-state index contributed by atoms with van der Waals surface area (Å²) in [4.78, 5) is 29.3. The van der Waals surface area contributed by atoms with Crippen LogP contribution in [-0.2, 0) is 17.8 Å². The summed E-state index contributed by atoms with van der Waals surface area (Å²) in [6.45, 7) is 13.5. The molecule has 0 atom stereocenters. The van der Waals surface area contributed by atoms with Crippen molar-refractivity contribution in [3.63, 3.8) is 0 Å². The second kappa shape index (κ2) is 10.2. The fourth-order valence-electron chi connectivity index (χ4n) is 5.23. The SMILES string of the molecule is CCCCNc1nc(N)c2[nH]c(=O)n(Cc3ccc(CN4CC5(C4)CN(C(C)C)CCO5)cc3)c2n1. The second-order valence-corrected chi connectivity index (χ2v) is 10.5. The van der Waals surface area contributed by atoms with Crippen molar-refractivity contribution in [2.24, 2.45) is 0 Å². The van der Waals surface area contributed by atoms with Gasteiger partial charge in [0, 0.05) is 45.3 Å². The van der Waals surface area contributed by atoms with Gasteiger partial charge in [-0.25, -0.2) is 4.79 Å². The van der Waals surface area contributed by atoms with Crippen molar-refractivity contribution in [3.8, 4) is 0 Å². The molecule has 2 saturated heterocycles. The molecule has 4 heterocycles. The van der Waals surface area contributed by atoms with E-state index in [9.17, 15) is 4.79 Å². The normalized spacial score (nSPS) is 18.2. The topological polar surface area (TPSA) is 117 Å². The molecule has 2 fully saturated rings. The van der Waals surface area contributed by atoms with Gasteiger partial charge in [0.2, 0.25) is 5.95 Å². The number of hydrogen-bond acceptors (Lipinski definition) is 8. The van der Waals surface area contributed by atoms with E-state index >= 15 is 0 Å². The van der Waals surface area contributed by atoms with Crippen LogP contribution in [0.15, 0.2) is 29.1 Å². The van der Waals surface area contributed by atoms with E-state index in [1.165, 1.54) is 5.56 Å². The molecule has 10 heteroatoms. The van der Waals surface area contributed by atoms with Crippen molar-refractivity contribution in [3.05, 3.63) is 45.9 Å². The number of aromatic amines is 1. The van der Waals surface area contributed by atoms with Crippen LogP contribution in [-0.4, -0.2) is 80.3 Å². The van der Waals surface area contributed by atoms with E-state index in [0.717, 1.165) is 64.3 Å². The van der Waals surface area contributed by atoms with E-state index in [1.54, 1.807) is 4.57 Å². The lowest BCUT2D eigenvalue weighted by Crippen LogP contribution is -2.70. The van der Waals surface area contributed by atoms with Gasteiger partial charge in [-0.15, -0.1) is 0 Å². The number of benzene rings is 1. The van der Waals surface area contributed by atoms with E-state index in [0.29, 0.717) is 29.7 Å². The lowest BCUT2D eigenvalue weighted by Gasteiger charge is -2.54. The Bertz CT molecular complexity index is 1240. The van der Waals surface area contributed by atoms with Gasteiger partial charge < -0.3 is 20.8 Å². The Kier molecular flexibility index (Phi) is 7.00. The molecule has 194 valence electrons. The highest BCUT2D eigenvalue weighted by Crippen LogP contribution is 2.31. The van der Waals surface area contributed by atoms with Gasteiger partial charge in [0.15, 0.2) is 11.5 Å². The van der Waals surface area contributed by atoms with Gasteiger partial charge >= 0.3 is 5.69 Å². The van der Waals surface area contributed by atoms with Gasteiger partial charge in [-0.3, -0.25) is 14.4 Å². The van der Waals surface area contributed by atoms with Crippen molar-refractivity contribution < 1.29 is 4.74 Å². The molecule has 0 amide bonds.